The van der Waals surface area contributed by atoms with Crippen LogP contribution in [-0.4, -0.2) is 42.5 Å². The molecule has 0 bridgehead atoms. The summed E-state index contributed by atoms with van der Waals surface area (Å²) in [4.78, 5) is 15.7. The number of rotatable bonds is 3. The van der Waals surface area contributed by atoms with Gasteiger partial charge in [-0.15, -0.1) is 12.4 Å². The number of benzene rings is 2. The van der Waals surface area contributed by atoms with Crippen LogP contribution in [0.4, 0.5) is 31.1 Å². The van der Waals surface area contributed by atoms with Crippen molar-refractivity contribution >= 4 is 41.6 Å². The molecule has 0 spiro atoms. The summed E-state index contributed by atoms with van der Waals surface area (Å²) in [5.41, 5.74) is -2.45. The van der Waals surface area contributed by atoms with Crippen molar-refractivity contribution in [1.29, 1.82) is 0 Å². The van der Waals surface area contributed by atoms with Crippen molar-refractivity contribution in [3.05, 3.63) is 68.7 Å². The Balaban J connectivity index is 0.00000408. The molecule has 0 radical (unpaired) electrons. The Kier molecular flexibility index (Phi) is 9.01. The van der Waals surface area contributed by atoms with Crippen LogP contribution in [0.15, 0.2) is 36.4 Å². The van der Waals surface area contributed by atoms with Gasteiger partial charge in [-0.05, 0) is 41.5 Å². The number of urea groups is 1. The van der Waals surface area contributed by atoms with Gasteiger partial charge in [-0.1, -0.05) is 29.3 Å². The highest BCUT2D eigenvalue weighted by molar-refractivity contribution is 6.42. The Hall–Kier alpha value is -1.88. The van der Waals surface area contributed by atoms with Gasteiger partial charge in [0.1, 0.15) is 0 Å². The van der Waals surface area contributed by atoms with E-state index in [9.17, 15) is 31.1 Å². The van der Waals surface area contributed by atoms with Crippen molar-refractivity contribution in [2.24, 2.45) is 0 Å². The lowest BCUT2D eigenvalue weighted by atomic mass is 10.0. The van der Waals surface area contributed by atoms with E-state index >= 15 is 0 Å². The Bertz CT molecular complexity index is 1000. The fourth-order valence-electron chi connectivity index (χ4n) is 3.62. The highest BCUT2D eigenvalue weighted by Crippen LogP contribution is 2.37. The molecule has 1 aliphatic heterocycles. The topological polar surface area (TPSA) is 35.6 Å². The lowest BCUT2D eigenvalue weighted by Crippen LogP contribution is -2.52. The van der Waals surface area contributed by atoms with E-state index < -0.39 is 42.1 Å². The lowest BCUT2D eigenvalue weighted by Gasteiger charge is -2.39. The van der Waals surface area contributed by atoms with Gasteiger partial charge < -0.3 is 15.1 Å². The maximum absolute atomic E-state index is 13.1. The van der Waals surface area contributed by atoms with Crippen molar-refractivity contribution in [2.75, 3.05) is 26.7 Å². The molecule has 2 aromatic rings. The van der Waals surface area contributed by atoms with Crippen molar-refractivity contribution in [1.82, 2.24) is 15.1 Å². The maximum atomic E-state index is 13.1. The minimum absolute atomic E-state index is 0. The molecule has 1 saturated heterocycles. The summed E-state index contributed by atoms with van der Waals surface area (Å²) in [7, 11) is 1.32. The second-order valence-corrected chi connectivity index (χ2v) is 8.45. The lowest BCUT2D eigenvalue weighted by molar-refractivity contribution is -0.143. The Labute approximate surface area is 208 Å². The summed E-state index contributed by atoms with van der Waals surface area (Å²) in [6.07, 6.45) is -9.92. The van der Waals surface area contributed by atoms with Gasteiger partial charge in [-0.3, -0.25) is 0 Å². The molecule has 0 saturated carbocycles. The minimum Gasteiger partial charge on any atom is -0.323 e. The molecular weight excluding hydrogens is 531 g/mol. The predicted molar refractivity (Wildman–Crippen MR) is 119 cm³/mol. The average molecular weight is 551 g/mol. The molecule has 3 rings (SSSR count). The van der Waals surface area contributed by atoms with Crippen LogP contribution in [0.5, 0.6) is 0 Å². The van der Waals surface area contributed by atoms with Gasteiger partial charge in [-0.2, -0.15) is 26.3 Å². The van der Waals surface area contributed by atoms with Crippen LogP contribution in [0, 0.1) is 0 Å². The van der Waals surface area contributed by atoms with Crippen LogP contribution in [0.2, 0.25) is 10.0 Å². The van der Waals surface area contributed by atoms with E-state index in [1.165, 1.54) is 11.9 Å². The molecule has 34 heavy (non-hydrogen) atoms. The maximum Gasteiger partial charge on any atom is 0.416 e. The standard InChI is InChI=1S/C21H19Cl2F6N3O.ClH/c1-31(11-12-6-14(20(24,25)26)9-15(7-12)21(27,28)29)19(33)32-5-4-30-10-18(32)13-2-3-16(22)17(23)8-13;/h2-3,6-9,18,30H,4-5,10-11H2,1H3;1H. The highest BCUT2D eigenvalue weighted by Gasteiger charge is 2.37. The Morgan fingerprint density at radius 3 is 2.15 bits per heavy atom. The van der Waals surface area contributed by atoms with E-state index in [1.54, 1.807) is 18.2 Å². The van der Waals surface area contributed by atoms with Crippen molar-refractivity contribution < 1.29 is 31.1 Å². The summed E-state index contributed by atoms with van der Waals surface area (Å²) in [5.74, 6) is 0. The van der Waals surface area contributed by atoms with E-state index in [1.807, 2.05) is 0 Å². The Morgan fingerprint density at radius 2 is 1.62 bits per heavy atom. The number of carbonyl (C=O) groups is 1. The van der Waals surface area contributed by atoms with Gasteiger partial charge in [0, 0.05) is 33.2 Å². The van der Waals surface area contributed by atoms with E-state index in [0.717, 1.165) is 4.90 Å². The Morgan fingerprint density at radius 1 is 1.03 bits per heavy atom. The molecule has 4 nitrogen and oxygen atoms in total. The summed E-state index contributed by atoms with van der Waals surface area (Å²) in [6, 6.07) is 5.21. The largest absolute Gasteiger partial charge is 0.416 e. The zero-order valence-electron chi connectivity index (χ0n) is 17.6. The van der Waals surface area contributed by atoms with E-state index in [0.29, 0.717) is 40.8 Å². The van der Waals surface area contributed by atoms with Gasteiger partial charge in [0.05, 0.1) is 27.2 Å². The first-order valence-corrected chi connectivity index (χ1v) is 10.5. The molecule has 1 aliphatic rings. The molecule has 1 unspecified atom stereocenters. The monoisotopic (exact) mass is 549 g/mol. The van der Waals surface area contributed by atoms with Gasteiger partial charge in [0.2, 0.25) is 0 Å². The second-order valence-electron chi connectivity index (χ2n) is 7.64. The number of halogens is 9. The molecular formula is C21H20Cl3F6N3O. The number of piperazine rings is 1. The first-order valence-electron chi connectivity index (χ1n) is 9.73. The smallest absolute Gasteiger partial charge is 0.323 e. The van der Waals surface area contributed by atoms with Crippen LogP contribution in [0.3, 0.4) is 0 Å². The van der Waals surface area contributed by atoms with Crippen molar-refractivity contribution in [3.8, 4) is 0 Å². The van der Waals surface area contributed by atoms with Gasteiger partial charge in [-0.25, -0.2) is 4.79 Å². The second kappa shape index (κ2) is 10.8. The number of nitrogens with zero attached hydrogens (tertiary/aromatic N) is 2. The molecule has 2 amide bonds. The first kappa shape index (κ1) is 28.4. The third kappa shape index (κ3) is 6.62. The van der Waals surface area contributed by atoms with Crippen LogP contribution < -0.4 is 5.32 Å². The number of amides is 2. The van der Waals surface area contributed by atoms with E-state index in [-0.39, 0.29) is 30.6 Å². The predicted octanol–water partition coefficient (Wildman–Crippen LogP) is 6.65. The molecule has 2 aromatic carbocycles. The number of hydrogen-bond donors (Lipinski definition) is 1. The zero-order valence-corrected chi connectivity index (χ0v) is 19.9. The summed E-state index contributed by atoms with van der Waals surface area (Å²) in [5, 5.41) is 3.78. The summed E-state index contributed by atoms with van der Waals surface area (Å²) >= 11 is 12.0. The number of carbonyl (C=O) groups excluding carboxylic acids is 1. The first-order chi connectivity index (χ1) is 15.3. The van der Waals surface area contributed by atoms with Crippen LogP contribution in [0.1, 0.15) is 28.3 Å². The summed E-state index contributed by atoms with van der Waals surface area (Å²) in [6.45, 7) is 0.701. The van der Waals surface area contributed by atoms with E-state index in [4.69, 9.17) is 23.2 Å². The van der Waals surface area contributed by atoms with Gasteiger partial charge in [0.15, 0.2) is 0 Å². The third-order valence-electron chi connectivity index (χ3n) is 5.21. The van der Waals surface area contributed by atoms with Crippen molar-refractivity contribution in [3.63, 3.8) is 0 Å². The van der Waals surface area contributed by atoms with Crippen LogP contribution in [0.25, 0.3) is 0 Å². The molecule has 1 heterocycles. The van der Waals surface area contributed by atoms with Crippen molar-refractivity contribution in [2.45, 2.75) is 24.9 Å². The quantitative estimate of drug-likeness (QED) is 0.434. The summed E-state index contributed by atoms with van der Waals surface area (Å²) < 4.78 is 78.8. The number of nitrogens with one attached hydrogen (secondary N) is 1. The number of alkyl halides is 6. The molecule has 0 aliphatic carbocycles. The molecule has 1 fully saturated rings. The average Bonchev–Trinajstić information content (AvgIpc) is 2.73. The van der Waals surface area contributed by atoms with Gasteiger partial charge >= 0.3 is 18.4 Å². The fraction of sp³-hybridized carbons (Fsp3) is 0.381. The molecule has 13 heteroatoms. The molecule has 1 atom stereocenters. The van der Waals surface area contributed by atoms with Crippen LogP contribution >= 0.6 is 35.6 Å². The third-order valence-corrected chi connectivity index (χ3v) is 5.95. The van der Waals surface area contributed by atoms with Gasteiger partial charge in [0.25, 0.3) is 0 Å². The molecule has 0 aromatic heterocycles. The fourth-order valence-corrected chi connectivity index (χ4v) is 3.93. The highest BCUT2D eigenvalue weighted by atomic mass is 35.5. The number of hydrogen-bond acceptors (Lipinski definition) is 2. The molecule has 1 N–H and O–H groups in total. The normalized spacial score (nSPS) is 16.7. The molecule has 188 valence electrons. The van der Waals surface area contributed by atoms with E-state index in [2.05, 4.69) is 5.32 Å². The minimum atomic E-state index is -4.96. The zero-order chi connectivity index (χ0) is 24.6. The van der Waals surface area contributed by atoms with Crippen LogP contribution in [-0.2, 0) is 18.9 Å². The SMILES string of the molecule is CN(Cc1cc(C(F)(F)F)cc(C(F)(F)F)c1)C(=O)N1CCNCC1c1ccc(Cl)c(Cl)c1.Cl.